The Morgan fingerprint density at radius 3 is 2.50 bits per heavy atom. The second-order valence-electron chi connectivity index (χ2n) is 5.14. The lowest BCUT2D eigenvalue weighted by molar-refractivity contribution is -0.132. The summed E-state index contributed by atoms with van der Waals surface area (Å²) in [6.07, 6.45) is 2.55. The molecule has 1 atom stereocenters. The highest BCUT2D eigenvalue weighted by Crippen LogP contribution is 2.27. The molecule has 0 fully saturated rings. The van der Waals surface area contributed by atoms with Crippen LogP contribution in [0.25, 0.3) is 11.3 Å². The molecule has 20 heavy (non-hydrogen) atoms. The van der Waals surface area contributed by atoms with E-state index in [-0.39, 0.29) is 11.9 Å². The maximum Gasteiger partial charge on any atom is 0.246 e. The van der Waals surface area contributed by atoms with Crippen molar-refractivity contribution in [3.8, 4) is 11.3 Å². The molecule has 0 aliphatic heterocycles. The Kier molecular flexibility index (Phi) is 4.23. The van der Waals surface area contributed by atoms with Gasteiger partial charge in [0.2, 0.25) is 5.91 Å². The van der Waals surface area contributed by atoms with Crippen molar-refractivity contribution in [3.63, 3.8) is 0 Å². The first kappa shape index (κ1) is 14.3. The summed E-state index contributed by atoms with van der Waals surface area (Å²) in [5, 5.41) is 4.44. The van der Waals surface area contributed by atoms with Gasteiger partial charge in [-0.3, -0.25) is 9.48 Å². The van der Waals surface area contributed by atoms with E-state index in [2.05, 4.69) is 5.10 Å². The molecule has 0 saturated carbocycles. The quantitative estimate of drug-likeness (QED) is 0.857. The predicted molar refractivity (Wildman–Crippen MR) is 80.4 cm³/mol. The maximum absolute atomic E-state index is 12.3. The average molecular weight is 271 g/mol. The normalized spacial score (nSPS) is 12.2. The van der Waals surface area contributed by atoms with Crippen LogP contribution in [0, 0.1) is 6.92 Å². The lowest BCUT2D eigenvalue weighted by Gasteiger charge is -2.22. The summed E-state index contributed by atoms with van der Waals surface area (Å²) in [5.41, 5.74) is 3.20. The summed E-state index contributed by atoms with van der Waals surface area (Å²) < 4.78 is 1.85. The van der Waals surface area contributed by atoms with Gasteiger partial charge in [-0.05, 0) is 18.9 Å². The zero-order valence-electron chi connectivity index (χ0n) is 12.5. The SMILES string of the molecule is CCC(C(=O)N(C)C)n1ncc(C)c1-c1ccccc1. The highest BCUT2D eigenvalue weighted by atomic mass is 16.2. The molecule has 2 aromatic rings. The fraction of sp³-hybridized carbons (Fsp3) is 0.375. The second-order valence-corrected chi connectivity index (χ2v) is 5.14. The van der Waals surface area contributed by atoms with Crippen molar-refractivity contribution in [2.24, 2.45) is 0 Å². The molecule has 0 N–H and O–H groups in total. The Hall–Kier alpha value is -2.10. The molecule has 1 amide bonds. The van der Waals surface area contributed by atoms with Crippen molar-refractivity contribution < 1.29 is 4.79 Å². The molecule has 4 nitrogen and oxygen atoms in total. The Balaban J connectivity index is 2.51. The number of aromatic nitrogens is 2. The van der Waals surface area contributed by atoms with Crippen LogP contribution in [0.5, 0.6) is 0 Å². The largest absolute Gasteiger partial charge is 0.347 e. The Bertz CT molecular complexity index is 587. The van der Waals surface area contributed by atoms with Gasteiger partial charge in [-0.15, -0.1) is 0 Å². The van der Waals surface area contributed by atoms with Gasteiger partial charge in [0.05, 0.1) is 11.9 Å². The van der Waals surface area contributed by atoms with Crippen LogP contribution < -0.4 is 0 Å². The Morgan fingerprint density at radius 2 is 1.95 bits per heavy atom. The van der Waals surface area contributed by atoms with Gasteiger partial charge < -0.3 is 4.90 Å². The van der Waals surface area contributed by atoms with Crippen molar-refractivity contribution in [2.75, 3.05) is 14.1 Å². The molecule has 0 aliphatic carbocycles. The summed E-state index contributed by atoms with van der Waals surface area (Å²) >= 11 is 0. The average Bonchev–Trinajstić information content (AvgIpc) is 2.82. The van der Waals surface area contributed by atoms with E-state index in [1.807, 2.05) is 55.1 Å². The van der Waals surface area contributed by atoms with E-state index in [0.717, 1.165) is 23.2 Å². The van der Waals surface area contributed by atoms with E-state index in [9.17, 15) is 4.79 Å². The summed E-state index contributed by atoms with van der Waals surface area (Å²) in [6, 6.07) is 9.83. The van der Waals surface area contributed by atoms with Crippen LogP contribution in [0.2, 0.25) is 0 Å². The first-order valence-corrected chi connectivity index (χ1v) is 6.87. The molecule has 106 valence electrons. The molecule has 0 spiro atoms. The van der Waals surface area contributed by atoms with Gasteiger partial charge in [0.15, 0.2) is 0 Å². The first-order valence-electron chi connectivity index (χ1n) is 6.87. The van der Waals surface area contributed by atoms with E-state index in [1.54, 1.807) is 19.0 Å². The Morgan fingerprint density at radius 1 is 1.30 bits per heavy atom. The molecule has 0 radical (unpaired) electrons. The van der Waals surface area contributed by atoms with E-state index < -0.39 is 0 Å². The molecule has 0 saturated heterocycles. The van der Waals surface area contributed by atoms with Crippen LogP contribution in [0.15, 0.2) is 36.5 Å². The highest BCUT2D eigenvalue weighted by Gasteiger charge is 2.24. The molecule has 1 heterocycles. The number of likely N-dealkylation sites (N-methyl/N-ethyl adjacent to an activating group) is 1. The third-order valence-corrected chi connectivity index (χ3v) is 3.43. The number of carbonyl (C=O) groups is 1. The molecular weight excluding hydrogens is 250 g/mol. The lowest BCUT2D eigenvalue weighted by Crippen LogP contribution is -2.32. The van der Waals surface area contributed by atoms with Gasteiger partial charge >= 0.3 is 0 Å². The summed E-state index contributed by atoms with van der Waals surface area (Å²) in [4.78, 5) is 14.0. The van der Waals surface area contributed by atoms with Gasteiger partial charge in [-0.2, -0.15) is 5.10 Å². The topological polar surface area (TPSA) is 38.1 Å². The number of benzene rings is 1. The van der Waals surface area contributed by atoms with Crippen LogP contribution >= 0.6 is 0 Å². The number of rotatable bonds is 4. The van der Waals surface area contributed by atoms with E-state index in [4.69, 9.17) is 0 Å². The lowest BCUT2D eigenvalue weighted by atomic mass is 10.1. The molecular formula is C16H21N3O. The predicted octanol–water partition coefficient (Wildman–Crippen LogP) is 2.90. The van der Waals surface area contributed by atoms with Gasteiger partial charge in [-0.25, -0.2) is 0 Å². The van der Waals surface area contributed by atoms with Crippen LogP contribution in [-0.2, 0) is 4.79 Å². The first-order chi connectivity index (χ1) is 9.56. The van der Waals surface area contributed by atoms with Crippen molar-refractivity contribution in [1.29, 1.82) is 0 Å². The van der Waals surface area contributed by atoms with Crippen molar-refractivity contribution in [3.05, 3.63) is 42.1 Å². The summed E-state index contributed by atoms with van der Waals surface area (Å²) in [7, 11) is 3.56. The standard InChI is InChI=1S/C16H21N3O/c1-5-14(16(20)18(3)4)19-15(12(2)11-17-19)13-9-7-6-8-10-13/h6-11,14H,5H2,1-4H3. The number of carbonyl (C=O) groups excluding carboxylic acids is 1. The molecule has 0 aliphatic rings. The van der Waals surface area contributed by atoms with Crippen molar-refractivity contribution in [2.45, 2.75) is 26.3 Å². The second kappa shape index (κ2) is 5.90. The molecule has 0 bridgehead atoms. The van der Waals surface area contributed by atoms with Crippen LogP contribution in [-0.4, -0.2) is 34.7 Å². The van der Waals surface area contributed by atoms with Crippen LogP contribution in [0.1, 0.15) is 24.9 Å². The summed E-state index contributed by atoms with van der Waals surface area (Å²) in [6.45, 7) is 4.04. The molecule has 1 aromatic heterocycles. The number of hydrogen-bond acceptors (Lipinski definition) is 2. The van der Waals surface area contributed by atoms with Gasteiger partial charge in [-0.1, -0.05) is 37.3 Å². The fourth-order valence-electron chi connectivity index (χ4n) is 2.39. The number of amides is 1. The monoisotopic (exact) mass is 271 g/mol. The number of nitrogens with zero attached hydrogens (tertiary/aromatic N) is 3. The minimum Gasteiger partial charge on any atom is -0.347 e. The molecule has 1 aromatic carbocycles. The van der Waals surface area contributed by atoms with E-state index in [1.165, 1.54) is 0 Å². The molecule has 2 rings (SSSR count). The minimum absolute atomic E-state index is 0.0766. The fourth-order valence-corrected chi connectivity index (χ4v) is 2.39. The number of hydrogen-bond donors (Lipinski definition) is 0. The highest BCUT2D eigenvalue weighted by molar-refractivity contribution is 5.81. The molecule has 1 unspecified atom stereocenters. The number of aryl methyl sites for hydroxylation is 1. The zero-order valence-corrected chi connectivity index (χ0v) is 12.5. The third kappa shape index (κ3) is 2.59. The van der Waals surface area contributed by atoms with E-state index >= 15 is 0 Å². The van der Waals surface area contributed by atoms with Gasteiger partial charge in [0.25, 0.3) is 0 Å². The van der Waals surface area contributed by atoms with E-state index in [0.29, 0.717) is 0 Å². The minimum atomic E-state index is -0.256. The van der Waals surface area contributed by atoms with Crippen LogP contribution in [0.4, 0.5) is 0 Å². The maximum atomic E-state index is 12.3. The van der Waals surface area contributed by atoms with Crippen molar-refractivity contribution >= 4 is 5.91 Å². The summed E-state index contributed by atoms with van der Waals surface area (Å²) in [5.74, 6) is 0.0766. The van der Waals surface area contributed by atoms with Crippen LogP contribution in [0.3, 0.4) is 0 Å². The van der Waals surface area contributed by atoms with Gasteiger partial charge in [0, 0.05) is 19.7 Å². The van der Waals surface area contributed by atoms with Crippen molar-refractivity contribution in [1.82, 2.24) is 14.7 Å². The van der Waals surface area contributed by atoms with Gasteiger partial charge in [0.1, 0.15) is 6.04 Å². The third-order valence-electron chi connectivity index (χ3n) is 3.43. The zero-order chi connectivity index (χ0) is 14.7. The molecule has 4 heteroatoms. The Labute approximate surface area is 120 Å². The smallest absolute Gasteiger partial charge is 0.246 e.